The predicted molar refractivity (Wildman–Crippen MR) is 90.3 cm³/mol. The van der Waals surface area contributed by atoms with Gasteiger partial charge >= 0.3 is 5.97 Å². The van der Waals surface area contributed by atoms with Crippen LogP contribution in [0.3, 0.4) is 0 Å². The van der Waals surface area contributed by atoms with E-state index in [2.05, 4.69) is 6.92 Å². The molecular weight excluding hydrogens is 304 g/mol. The van der Waals surface area contributed by atoms with Gasteiger partial charge in [0.05, 0.1) is 5.56 Å². The topological polar surface area (TPSA) is 26.3 Å². The van der Waals surface area contributed by atoms with Gasteiger partial charge in [-0.15, -0.1) is 0 Å². The number of halogens is 1. The summed E-state index contributed by atoms with van der Waals surface area (Å²) >= 11 is 7.82. The van der Waals surface area contributed by atoms with Crippen LogP contribution in [0.2, 0.25) is 5.02 Å². The molecule has 0 aliphatic heterocycles. The van der Waals surface area contributed by atoms with Crippen molar-refractivity contribution >= 4 is 29.3 Å². The van der Waals surface area contributed by atoms with Crippen molar-refractivity contribution < 1.29 is 9.53 Å². The average Bonchev–Trinajstić information content (AvgIpc) is 2.50. The number of hydrogen-bond donors (Lipinski definition) is 0. The average molecular weight is 327 g/mol. The van der Waals surface area contributed by atoms with Gasteiger partial charge < -0.3 is 4.74 Å². The van der Waals surface area contributed by atoms with E-state index >= 15 is 0 Å². The number of carbonyl (C=O) groups excluding carboxylic acids is 1. The lowest BCUT2D eigenvalue weighted by molar-refractivity contribution is 0.0229. The Labute approximate surface area is 136 Å². The predicted octanol–water partition coefficient (Wildman–Crippen LogP) is 5.34. The normalized spacial score (nSPS) is 22.0. The molecule has 2 rings (SSSR count). The zero-order valence-electron chi connectivity index (χ0n) is 12.5. The molecule has 0 spiro atoms. The van der Waals surface area contributed by atoms with Gasteiger partial charge in [-0.3, -0.25) is 0 Å². The Morgan fingerprint density at radius 1 is 1.29 bits per heavy atom. The van der Waals surface area contributed by atoms with Gasteiger partial charge in [-0.05, 0) is 55.7 Å². The summed E-state index contributed by atoms with van der Waals surface area (Å²) in [4.78, 5) is 12.2. The molecule has 1 aliphatic rings. The second kappa shape index (κ2) is 8.70. The fourth-order valence-corrected chi connectivity index (χ4v) is 4.18. The van der Waals surface area contributed by atoms with E-state index in [1.54, 1.807) is 24.3 Å². The molecule has 0 heterocycles. The number of carbonyl (C=O) groups is 1. The Morgan fingerprint density at radius 3 is 2.71 bits per heavy atom. The quantitative estimate of drug-likeness (QED) is 0.521. The van der Waals surface area contributed by atoms with Crippen LogP contribution >= 0.6 is 23.4 Å². The maximum absolute atomic E-state index is 12.2. The van der Waals surface area contributed by atoms with Gasteiger partial charge in [-0.2, -0.15) is 11.8 Å². The molecular formula is C17H23ClO2S. The monoisotopic (exact) mass is 326 g/mol. The Hall–Kier alpha value is -0.670. The maximum atomic E-state index is 12.2. The molecule has 0 unspecified atom stereocenters. The second-order valence-corrected chi connectivity index (χ2v) is 7.28. The van der Waals surface area contributed by atoms with Crippen LogP contribution < -0.4 is 0 Å². The van der Waals surface area contributed by atoms with Gasteiger partial charge in [-0.25, -0.2) is 4.79 Å². The van der Waals surface area contributed by atoms with Gasteiger partial charge in [0, 0.05) is 10.3 Å². The molecule has 1 fully saturated rings. The lowest BCUT2D eigenvalue weighted by Gasteiger charge is -2.30. The molecule has 0 aromatic heterocycles. The Bertz CT molecular complexity index is 447. The minimum atomic E-state index is -0.223. The first-order valence-electron chi connectivity index (χ1n) is 7.79. The smallest absolute Gasteiger partial charge is 0.338 e. The summed E-state index contributed by atoms with van der Waals surface area (Å²) in [6, 6.07) is 6.92. The van der Waals surface area contributed by atoms with E-state index in [0.29, 0.717) is 15.8 Å². The highest BCUT2D eigenvalue weighted by molar-refractivity contribution is 7.99. The van der Waals surface area contributed by atoms with Crippen LogP contribution in [0.25, 0.3) is 0 Å². The van der Waals surface area contributed by atoms with Gasteiger partial charge in [0.15, 0.2) is 0 Å². The van der Waals surface area contributed by atoms with Gasteiger partial charge in [0.2, 0.25) is 0 Å². The highest BCUT2D eigenvalue weighted by atomic mass is 35.5. The number of rotatable bonds is 6. The molecule has 0 saturated heterocycles. The van der Waals surface area contributed by atoms with Crippen molar-refractivity contribution in [3.8, 4) is 0 Å². The Kier molecular flexibility index (Phi) is 6.91. The van der Waals surface area contributed by atoms with E-state index in [-0.39, 0.29) is 12.1 Å². The number of thioether (sulfide) groups is 1. The van der Waals surface area contributed by atoms with Crippen molar-refractivity contribution in [2.75, 3.05) is 5.75 Å². The molecule has 0 bridgehead atoms. The summed E-state index contributed by atoms with van der Waals surface area (Å²) in [5, 5.41) is 1.10. The lowest BCUT2D eigenvalue weighted by Crippen LogP contribution is -2.32. The van der Waals surface area contributed by atoms with Crippen LogP contribution in [0, 0.1) is 0 Å². The number of unbranched alkanes of at least 4 members (excludes halogenated alkanes) is 1. The van der Waals surface area contributed by atoms with E-state index in [9.17, 15) is 4.79 Å². The zero-order valence-corrected chi connectivity index (χ0v) is 14.1. The van der Waals surface area contributed by atoms with Gasteiger partial charge in [-0.1, -0.05) is 31.4 Å². The van der Waals surface area contributed by atoms with Crippen LogP contribution in [0.15, 0.2) is 24.3 Å². The molecule has 0 amide bonds. The summed E-state index contributed by atoms with van der Waals surface area (Å²) in [6.45, 7) is 2.21. The Balaban J connectivity index is 1.91. The highest BCUT2D eigenvalue weighted by Gasteiger charge is 2.28. The molecule has 21 heavy (non-hydrogen) atoms. The number of hydrogen-bond acceptors (Lipinski definition) is 3. The summed E-state index contributed by atoms with van der Waals surface area (Å²) in [5.41, 5.74) is 0.585. The molecule has 2 nitrogen and oxygen atoms in total. The third kappa shape index (κ3) is 5.23. The van der Waals surface area contributed by atoms with E-state index in [0.717, 1.165) is 25.0 Å². The fourth-order valence-electron chi connectivity index (χ4n) is 2.56. The van der Waals surface area contributed by atoms with Crippen molar-refractivity contribution in [2.24, 2.45) is 0 Å². The van der Waals surface area contributed by atoms with E-state index in [4.69, 9.17) is 16.3 Å². The lowest BCUT2D eigenvalue weighted by atomic mass is 9.97. The molecule has 0 N–H and O–H groups in total. The first kappa shape index (κ1) is 16.7. The van der Waals surface area contributed by atoms with Crippen LogP contribution in [-0.4, -0.2) is 23.1 Å². The molecule has 1 aromatic carbocycles. The Morgan fingerprint density at radius 2 is 2.00 bits per heavy atom. The van der Waals surface area contributed by atoms with Crippen molar-refractivity contribution in [3.63, 3.8) is 0 Å². The third-order valence-electron chi connectivity index (χ3n) is 3.81. The van der Waals surface area contributed by atoms with Crippen molar-refractivity contribution in [2.45, 2.75) is 56.8 Å². The minimum Gasteiger partial charge on any atom is -0.458 e. The van der Waals surface area contributed by atoms with Gasteiger partial charge in [0.25, 0.3) is 0 Å². The van der Waals surface area contributed by atoms with Crippen molar-refractivity contribution in [3.05, 3.63) is 34.9 Å². The number of benzene rings is 1. The van der Waals surface area contributed by atoms with Gasteiger partial charge in [0.1, 0.15) is 6.10 Å². The van der Waals surface area contributed by atoms with Crippen LogP contribution in [-0.2, 0) is 4.74 Å². The fraction of sp³-hybridized carbons (Fsp3) is 0.588. The zero-order chi connectivity index (χ0) is 15.1. The first-order valence-corrected chi connectivity index (χ1v) is 9.21. The SMILES string of the molecule is CCCCS[C@H]1CCCC[C@H]1OC(=O)c1ccc(Cl)cc1. The molecule has 4 heteroatoms. The van der Waals surface area contributed by atoms with Crippen molar-refractivity contribution in [1.29, 1.82) is 0 Å². The second-order valence-electron chi connectivity index (χ2n) is 5.50. The molecule has 2 atom stereocenters. The summed E-state index contributed by atoms with van der Waals surface area (Å²) in [6.07, 6.45) is 7.07. The van der Waals surface area contributed by atoms with Crippen LogP contribution in [0.1, 0.15) is 55.8 Å². The number of ether oxygens (including phenoxy) is 1. The summed E-state index contributed by atoms with van der Waals surface area (Å²) in [5.74, 6) is 0.940. The van der Waals surface area contributed by atoms with Crippen molar-refractivity contribution in [1.82, 2.24) is 0 Å². The van der Waals surface area contributed by atoms with E-state index < -0.39 is 0 Å². The number of esters is 1. The molecule has 1 saturated carbocycles. The third-order valence-corrected chi connectivity index (χ3v) is 5.55. The van der Waals surface area contributed by atoms with Crippen LogP contribution in [0.5, 0.6) is 0 Å². The maximum Gasteiger partial charge on any atom is 0.338 e. The standard InChI is InChI=1S/C17H23ClO2S/c1-2-3-12-21-16-7-5-4-6-15(16)20-17(19)13-8-10-14(18)11-9-13/h8-11,15-16H,2-7,12H2,1H3/t15-,16+/m1/s1. The first-order chi connectivity index (χ1) is 10.2. The summed E-state index contributed by atoms with van der Waals surface area (Å²) in [7, 11) is 0. The van der Waals surface area contributed by atoms with E-state index in [1.165, 1.54) is 19.3 Å². The minimum absolute atomic E-state index is 0.0591. The highest BCUT2D eigenvalue weighted by Crippen LogP contribution is 2.32. The summed E-state index contributed by atoms with van der Waals surface area (Å²) < 4.78 is 5.76. The van der Waals surface area contributed by atoms with Crippen LogP contribution in [0.4, 0.5) is 0 Å². The largest absolute Gasteiger partial charge is 0.458 e. The molecule has 0 radical (unpaired) electrons. The van der Waals surface area contributed by atoms with E-state index in [1.807, 2.05) is 11.8 Å². The molecule has 1 aliphatic carbocycles. The molecule has 1 aromatic rings. The molecule has 116 valence electrons.